The fraction of sp³-hybridized carbons (Fsp3) is 0.353. The van der Waals surface area contributed by atoms with Crippen LogP contribution in [-0.2, 0) is 13.2 Å². The second-order valence-electron chi connectivity index (χ2n) is 5.58. The Balaban J connectivity index is 1.57. The molecule has 116 valence electrons. The lowest BCUT2D eigenvalue weighted by atomic mass is 10.1. The summed E-state index contributed by atoms with van der Waals surface area (Å²) in [7, 11) is 0. The van der Waals surface area contributed by atoms with Crippen molar-refractivity contribution >= 4 is 5.91 Å². The van der Waals surface area contributed by atoms with Crippen LogP contribution in [0.4, 0.5) is 0 Å². The number of rotatable bonds is 4. The summed E-state index contributed by atoms with van der Waals surface area (Å²) in [5.74, 6) is 0.0698. The molecule has 0 bridgehead atoms. The van der Waals surface area contributed by atoms with Crippen LogP contribution in [0.25, 0.3) is 0 Å². The molecule has 2 N–H and O–H groups in total. The molecule has 0 aliphatic carbocycles. The first-order valence-corrected chi connectivity index (χ1v) is 7.60. The molecule has 0 saturated carbocycles. The van der Waals surface area contributed by atoms with Gasteiger partial charge in [-0.3, -0.25) is 9.69 Å². The van der Waals surface area contributed by atoms with Crippen LogP contribution >= 0.6 is 0 Å². The number of aliphatic hydroxyl groups excluding tert-OH is 1. The quantitative estimate of drug-likeness (QED) is 0.898. The number of aromatic amines is 1. The van der Waals surface area contributed by atoms with Gasteiger partial charge in [0.15, 0.2) is 0 Å². The van der Waals surface area contributed by atoms with Crippen LogP contribution in [0, 0.1) is 0 Å². The minimum atomic E-state index is 0.0698. The third-order valence-corrected chi connectivity index (χ3v) is 4.17. The van der Waals surface area contributed by atoms with Crippen LogP contribution in [0.2, 0.25) is 0 Å². The van der Waals surface area contributed by atoms with Crippen LogP contribution in [0.5, 0.6) is 0 Å². The van der Waals surface area contributed by atoms with Gasteiger partial charge < -0.3 is 15.0 Å². The molecule has 1 aliphatic rings. The topological polar surface area (TPSA) is 59.6 Å². The summed E-state index contributed by atoms with van der Waals surface area (Å²) in [6, 6.07) is 11.6. The van der Waals surface area contributed by atoms with Crippen molar-refractivity contribution in [2.75, 3.05) is 26.2 Å². The van der Waals surface area contributed by atoms with E-state index in [2.05, 4.69) is 16.0 Å². The van der Waals surface area contributed by atoms with Gasteiger partial charge in [-0.1, -0.05) is 24.3 Å². The molecule has 0 spiro atoms. The predicted octanol–water partition coefficient (Wildman–Crippen LogP) is 1.47. The standard InChI is InChI=1S/C17H21N3O2/c21-13-15-5-2-1-4-14(15)12-19-8-10-20(11-9-19)17(22)16-6-3-7-18-16/h1-7,18,21H,8-13H2. The number of carbonyl (C=O) groups is 1. The van der Waals surface area contributed by atoms with E-state index in [0.717, 1.165) is 43.9 Å². The van der Waals surface area contributed by atoms with E-state index < -0.39 is 0 Å². The lowest BCUT2D eigenvalue weighted by Crippen LogP contribution is -2.48. The zero-order valence-corrected chi connectivity index (χ0v) is 12.5. The van der Waals surface area contributed by atoms with Crippen LogP contribution in [0.1, 0.15) is 21.6 Å². The Morgan fingerprint density at radius 2 is 1.77 bits per heavy atom. The number of hydrogen-bond donors (Lipinski definition) is 2. The third kappa shape index (κ3) is 3.21. The van der Waals surface area contributed by atoms with E-state index in [1.54, 1.807) is 6.20 Å². The third-order valence-electron chi connectivity index (χ3n) is 4.17. The van der Waals surface area contributed by atoms with E-state index >= 15 is 0 Å². The lowest BCUT2D eigenvalue weighted by molar-refractivity contribution is 0.0623. The molecule has 2 heterocycles. The maximum atomic E-state index is 12.3. The smallest absolute Gasteiger partial charge is 0.270 e. The van der Waals surface area contributed by atoms with Crippen LogP contribution in [-0.4, -0.2) is 52.0 Å². The number of aliphatic hydroxyl groups is 1. The van der Waals surface area contributed by atoms with Gasteiger partial charge >= 0.3 is 0 Å². The highest BCUT2D eigenvalue weighted by Gasteiger charge is 2.22. The van der Waals surface area contributed by atoms with E-state index in [1.807, 2.05) is 35.2 Å². The second kappa shape index (κ2) is 6.77. The van der Waals surface area contributed by atoms with Gasteiger partial charge in [0.2, 0.25) is 0 Å². The summed E-state index contributed by atoms with van der Waals surface area (Å²) in [6.07, 6.45) is 1.77. The Morgan fingerprint density at radius 1 is 1.05 bits per heavy atom. The van der Waals surface area contributed by atoms with Crippen molar-refractivity contribution in [2.24, 2.45) is 0 Å². The molecule has 22 heavy (non-hydrogen) atoms. The van der Waals surface area contributed by atoms with Gasteiger partial charge in [0, 0.05) is 38.9 Å². The second-order valence-corrected chi connectivity index (χ2v) is 5.58. The Labute approximate surface area is 130 Å². The van der Waals surface area contributed by atoms with E-state index in [0.29, 0.717) is 5.69 Å². The highest BCUT2D eigenvalue weighted by Crippen LogP contribution is 2.14. The average molecular weight is 299 g/mol. The molecule has 1 aromatic heterocycles. The highest BCUT2D eigenvalue weighted by atomic mass is 16.3. The predicted molar refractivity (Wildman–Crippen MR) is 84.3 cm³/mol. The zero-order chi connectivity index (χ0) is 15.4. The molecule has 5 nitrogen and oxygen atoms in total. The summed E-state index contributed by atoms with van der Waals surface area (Å²) < 4.78 is 0. The number of aromatic nitrogens is 1. The van der Waals surface area contributed by atoms with Gasteiger partial charge in [-0.15, -0.1) is 0 Å². The zero-order valence-electron chi connectivity index (χ0n) is 12.5. The largest absolute Gasteiger partial charge is 0.392 e. The van der Waals surface area contributed by atoms with Crippen LogP contribution in [0.3, 0.4) is 0 Å². The number of hydrogen-bond acceptors (Lipinski definition) is 3. The monoisotopic (exact) mass is 299 g/mol. The fourth-order valence-corrected chi connectivity index (χ4v) is 2.85. The van der Waals surface area contributed by atoms with Crippen molar-refractivity contribution in [2.45, 2.75) is 13.2 Å². The highest BCUT2D eigenvalue weighted by molar-refractivity contribution is 5.92. The molecule has 1 amide bonds. The van der Waals surface area contributed by atoms with E-state index in [-0.39, 0.29) is 12.5 Å². The van der Waals surface area contributed by atoms with E-state index in [9.17, 15) is 9.90 Å². The molecule has 1 saturated heterocycles. The number of nitrogens with one attached hydrogen (secondary N) is 1. The van der Waals surface area contributed by atoms with Crippen molar-refractivity contribution < 1.29 is 9.90 Å². The summed E-state index contributed by atoms with van der Waals surface area (Å²) in [5.41, 5.74) is 2.79. The van der Waals surface area contributed by atoms with E-state index in [1.165, 1.54) is 0 Å². The van der Waals surface area contributed by atoms with Gasteiger partial charge in [-0.2, -0.15) is 0 Å². The van der Waals surface area contributed by atoms with Crippen LogP contribution < -0.4 is 0 Å². The number of amides is 1. The summed E-state index contributed by atoms with van der Waals surface area (Å²) in [6.45, 7) is 4.07. The molecule has 0 unspecified atom stereocenters. The minimum Gasteiger partial charge on any atom is -0.392 e. The number of piperazine rings is 1. The molecular weight excluding hydrogens is 278 g/mol. The Bertz CT molecular complexity index is 617. The van der Waals surface area contributed by atoms with Gasteiger partial charge in [-0.05, 0) is 23.3 Å². The first kappa shape index (κ1) is 14.8. The number of benzene rings is 1. The van der Waals surface area contributed by atoms with Gasteiger partial charge in [0.1, 0.15) is 5.69 Å². The van der Waals surface area contributed by atoms with Gasteiger partial charge in [0.05, 0.1) is 6.61 Å². The fourth-order valence-electron chi connectivity index (χ4n) is 2.85. The molecule has 0 radical (unpaired) electrons. The number of H-pyrrole nitrogens is 1. The molecule has 1 aromatic carbocycles. The van der Waals surface area contributed by atoms with Crippen LogP contribution in [0.15, 0.2) is 42.6 Å². The van der Waals surface area contributed by atoms with Crippen molar-refractivity contribution in [3.05, 3.63) is 59.4 Å². The Hall–Kier alpha value is -2.11. The minimum absolute atomic E-state index is 0.0698. The lowest BCUT2D eigenvalue weighted by Gasteiger charge is -2.34. The summed E-state index contributed by atoms with van der Waals surface area (Å²) in [4.78, 5) is 19.5. The van der Waals surface area contributed by atoms with Gasteiger partial charge in [0.25, 0.3) is 5.91 Å². The van der Waals surface area contributed by atoms with Crippen molar-refractivity contribution in [1.29, 1.82) is 0 Å². The maximum absolute atomic E-state index is 12.3. The van der Waals surface area contributed by atoms with Crippen molar-refractivity contribution in [3.63, 3.8) is 0 Å². The first-order valence-electron chi connectivity index (χ1n) is 7.60. The van der Waals surface area contributed by atoms with Crippen molar-refractivity contribution in [1.82, 2.24) is 14.8 Å². The molecule has 0 atom stereocenters. The molecular formula is C17H21N3O2. The van der Waals surface area contributed by atoms with Crippen molar-refractivity contribution in [3.8, 4) is 0 Å². The SMILES string of the molecule is O=C(c1ccc[nH]1)N1CCN(Cc2ccccc2CO)CC1. The Morgan fingerprint density at radius 3 is 2.41 bits per heavy atom. The number of nitrogens with zero attached hydrogens (tertiary/aromatic N) is 2. The molecule has 1 fully saturated rings. The van der Waals surface area contributed by atoms with Gasteiger partial charge in [-0.25, -0.2) is 0 Å². The molecule has 5 heteroatoms. The molecule has 1 aliphatic heterocycles. The average Bonchev–Trinajstić information content (AvgIpc) is 3.10. The maximum Gasteiger partial charge on any atom is 0.270 e. The first-order chi connectivity index (χ1) is 10.8. The Kier molecular flexibility index (Phi) is 4.56. The molecule has 2 aromatic rings. The molecule has 3 rings (SSSR count). The van der Waals surface area contributed by atoms with E-state index in [4.69, 9.17) is 0 Å². The summed E-state index contributed by atoms with van der Waals surface area (Å²) >= 11 is 0. The normalized spacial score (nSPS) is 16.0. The number of carbonyl (C=O) groups excluding carboxylic acids is 1. The summed E-state index contributed by atoms with van der Waals surface area (Å²) in [5, 5.41) is 9.39.